The van der Waals surface area contributed by atoms with Gasteiger partial charge in [0.25, 0.3) is 0 Å². The molecule has 0 radical (unpaired) electrons. The fourth-order valence-corrected chi connectivity index (χ4v) is 2.00. The van der Waals surface area contributed by atoms with Crippen molar-refractivity contribution in [3.63, 3.8) is 0 Å². The molecule has 0 bridgehead atoms. The summed E-state index contributed by atoms with van der Waals surface area (Å²) >= 11 is 0. The van der Waals surface area contributed by atoms with Gasteiger partial charge < -0.3 is 5.11 Å². The predicted octanol–water partition coefficient (Wildman–Crippen LogP) is 2.01. The van der Waals surface area contributed by atoms with Crippen LogP contribution in [-0.2, 0) is 17.8 Å². The Morgan fingerprint density at radius 1 is 1.37 bits per heavy atom. The van der Waals surface area contributed by atoms with Gasteiger partial charge in [-0.15, -0.1) is 5.10 Å². The molecule has 1 atom stereocenters. The summed E-state index contributed by atoms with van der Waals surface area (Å²) in [5.74, 6) is -0.140. The van der Waals surface area contributed by atoms with E-state index in [2.05, 4.69) is 36.3 Å². The number of nitrogens with zero attached hydrogens (tertiary/aromatic N) is 4. The molecule has 108 valence electrons. The number of aliphatic carboxylic acids is 1. The average Bonchev–Trinajstić information content (AvgIpc) is 2.61. The Morgan fingerprint density at radius 2 is 2.00 bits per heavy atom. The van der Waals surface area contributed by atoms with Gasteiger partial charge >= 0.3 is 5.97 Å². The number of carbonyl (C=O) groups is 1. The van der Waals surface area contributed by atoms with Crippen LogP contribution < -0.4 is 0 Å². The van der Waals surface area contributed by atoms with Gasteiger partial charge in [0.1, 0.15) is 0 Å². The summed E-state index contributed by atoms with van der Waals surface area (Å²) in [6.45, 7) is 10.7. The molecule has 0 spiro atoms. The predicted molar refractivity (Wildman–Crippen MR) is 71.6 cm³/mol. The fraction of sp³-hybridized carbons (Fsp3) is 0.846. The molecular formula is C13H24N4O2. The van der Waals surface area contributed by atoms with E-state index < -0.39 is 11.9 Å². The zero-order chi connectivity index (χ0) is 14.6. The van der Waals surface area contributed by atoms with Gasteiger partial charge in [-0.1, -0.05) is 34.6 Å². The Kier molecular flexibility index (Phi) is 5.03. The van der Waals surface area contributed by atoms with Crippen molar-refractivity contribution >= 4 is 5.97 Å². The zero-order valence-electron chi connectivity index (χ0n) is 12.4. The lowest BCUT2D eigenvalue weighted by atomic mass is 9.92. The van der Waals surface area contributed by atoms with Crippen LogP contribution in [0.1, 0.15) is 46.9 Å². The third-order valence-corrected chi connectivity index (χ3v) is 2.79. The molecule has 6 heteroatoms. The van der Waals surface area contributed by atoms with Crippen LogP contribution >= 0.6 is 0 Å². The molecule has 0 saturated carbocycles. The molecule has 0 aliphatic heterocycles. The minimum atomic E-state index is -0.786. The molecule has 1 rings (SSSR count). The van der Waals surface area contributed by atoms with E-state index in [-0.39, 0.29) is 5.41 Å². The lowest BCUT2D eigenvalue weighted by Gasteiger charge is -2.19. The molecule has 1 aromatic rings. The topological polar surface area (TPSA) is 80.9 Å². The van der Waals surface area contributed by atoms with Crippen LogP contribution in [0.2, 0.25) is 0 Å². The van der Waals surface area contributed by atoms with Gasteiger partial charge in [-0.2, -0.15) is 0 Å². The highest BCUT2D eigenvalue weighted by atomic mass is 16.4. The molecule has 1 heterocycles. The van der Waals surface area contributed by atoms with Gasteiger partial charge in [-0.25, -0.2) is 4.68 Å². The van der Waals surface area contributed by atoms with Crippen molar-refractivity contribution < 1.29 is 9.90 Å². The number of hydrogen-bond acceptors (Lipinski definition) is 4. The summed E-state index contributed by atoms with van der Waals surface area (Å²) < 4.78 is 1.63. The van der Waals surface area contributed by atoms with Crippen LogP contribution in [0, 0.1) is 17.3 Å². The Labute approximate surface area is 114 Å². The molecule has 1 unspecified atom stereocenters. The largest absolute Gasteiger partial charge is 0.481 e. The molecule has 0 saturated heterocycles. The van der Waals surface area contributed by atoms with Crippen LogP contribution in [0.25, 0.3) is 0 Å². The Hall–Kier alpha value is -1.46. The molecule has 19 heavy (non-hydrogen) atoms. The number of carboxylic acids is 1. The van der Waals surface area contributed by atoms with Crippen molar-refractivity contribution in [2.75, 3.05) is 0 Å². The van der Waals surface area contributed by atoms with Gasteiger partial charge in [0.05, 0.1) is 12.5 Å². The molecule has 0 aromatic carbocycles. The second-order valence-corrected chi connectivity index (χ2v) is 6.68. The van der Waals surface area contributed by atoms with E-state index in [1.807, 2.05) is 13.8 Å². The van der Waals surface area contributed by atoms with Crippen molar-refractivity contribution in [1.82, 2.24) is 20.2 Å². The highest BCUT2D eigenvalue weighted by Gasteiger charge is 2.23. The second-order valence-electron chi connectivity index (χ2n) is 6.68. The van der Waals surface area contributed by atoms with E-state index in [9.17, 15) is 9.90 Å². The monoisotopic (exact) mass is 268 g/mol. The van der Waals surface area contributed by atoms with Gasteiger partial charge in [-0.3, -0.25) is 4.79 Å². The van der Waals surface area contributed by atoms with Crippen molar-refractivity contribution in [1.29, 1.82) is 0 Å². The molecular weight excluding hydrogens is 244 g/mol. The first-order valence-electron chi connectivity index (χ1n) is 6.67. The van der Waals surface area contributed by atoms with Gasteiger partial charge in [0.15, 0.2) is 5.82 Å². The number of hydrogen-bond donors (Lipinski definition) is 1. The van der Waals surface area contributed by atoms with Crippen molar-refractivity contribution in [3.05, 3.63) is 5.82 Å². The maximum atomic E-state index is 11.3. The van der Waals surface area contributed by atoms with E-state index in [0.29, 0.717) is 18.9 Å². The maximum absolute atomic E-state index is 11.3. The average molecular weight is 268 g/mol. The summed E-state index contributed by atoms with van der Waals surface area (Å²) in [5, 5.41) is 20.9. The van der Waals surface area contributed by atoms with Crippen LogP contribution in [0.5, 0.6) is 0 Å². The minimum Gasteiger partial charge on any atom is -0.481 e. The molecule has 1 aromatic heterocycles. The van der Waals surface area contributed by atoms with E-state index in [1.54, 1.807) is 4.68 Å². The molecule has 6 nitrogen and oxygen atoms in total. The SMILES string of the molecule is CC(C)CC(Cn1nnnc1CC(C)(C)C)C(=O)O. The molecule has 0 aliphatic carbocycles. The molecule has 0 amide bonds. The van der Waals surface area contributed by atoms with Crippen LogP contribution in [-0.4, -0.2) is 31.3 Å². The summed E-state index contributed by atoms with van der Waals surface area (Å²) in [7, 11) is 0. The zero-order valence-corrected chi connectivity index (χ0v) is 12.4. The second kappa shape index (κ2) is 6.12. The van der Waals surface area contributed by atoms with E-state index in [1.165, 1.54) is 0 Å². The van der Waals surface area contributed by atoms with Crippen molar-refractivity contribution in [3.8, 4) is 0 Å². The third kappa shape index (κ3) is 5.36. The molecule has 1 N–H and O–H groups in total. The van der Waals surface area contributed by atoms with Crippen molar-refractivity contribution in [2.24, 2.45) is 17.3 Å². The first-order valence-corrected chi connectivity index (χ1v) is 6.67. The summed E-state index contributed by atoms with van der Waals surface area (Å²) in [5.41, 5.74) is 0.0727. The molecule has 0 fully saturated rings. The lowest BCUT2D eigenvalue weighted by molar-refractivity contribution is -0.142. The quantitative estimate of drug-likeness (QED) is 0.853. The number of aromatic nitrogens is 4. The van der Waals surface area contributed by atoms with Crippen LogP contribution in [0.3, 0.4) is 0 Å². The van der Waals surface area contributed by atoms with Gasteiger partial charge in [0.2, 0.25) is 0 Å². The smallest absolute Gasteiger partial charge is 0.308 e. The van der Waals surface area contributed by atoms with E-state index in [4.69, 9.17) is 0 Å². The van der Waals surface area contributed by atoms with Gasteiger partial charge in [0, 0.05) is 6.42 Å². The normalized spacial score (nSPS) is 13.8. The first-order chi connectivity index (χ1) is 8.69. The third-order valence-electron chi connectivity index (χ3n) is 2.79. The number of carboxylic acid groups (broad SMARTS) is 1. The minimum absolute atomic E-state index is 0.0727. The Balaban J connectivity index is 2.80. The highest BCUT2D eigenvalue weighted by Crippen LogP contribution is 2.20. The van der Waals surface area contributed by atoms with Crippen LogP contribution in [0.4, 0.5) is 0 Å². The Morgan fingerprint density at radius 3 is 2.47 bits per heavy atom. The number of tetrazole rings is 1. The van der Waals surface area contributed by atoms with Crippen molar-refractivity contribution in [2.45, 2.75) is 54.0 Å². The summed E-state index contributed by atoms with van der Waals surface area (Å²) in [4.78, 5) is 11.3. The highest BCUT2D eigenvalue weighted by molar-refractivity contribution is 5.69. The first kappa shape index (κ1) is 15.6. The summed E-state index contributed by atoms with van der Waals surface area (Å²) in [6.07, 6.45) is 1.36. The maximum Gasteiger partial charge on any atom is 0.308 e. The lowest BCUT2D eigenvalue weighted by Crippen LogP contribution is -2.25. The van der Waals surface area contributed by atoms with Gasteiger partial charge in [-0.05, 0) is 28.2 Å². The van der Waals surface area contributed by atoms with E-state index >= 15 is 0 Å². The molecule has 0 aliphatic rings. The standard InChI is InChI=1S/C13H24N4O2/c1-9(2)6-10(12(18)19)8-17-11(14-15-16-17)7-13(3,4)5/h9-10H,6-8H2,1-5H3,(H,18,19). The Bertz CT molecular complexity index is 421. The summed E-state index contributed by atoms with van der Waals surface area (Å²) in [6, 6.07) is 0. The van der Waals surface area contributed by atoms with Crippen LogP contribution in [0.15, 0.2) is 0 Å². The van der Waals surface area contributed by atoms with E-state index in [0.717, 1.165) is 12.2 Å². The fourth-order valence-electron chi connectivity index (χ4n) is 2.00. The number of rotatable bonds is 6.